The van der Waals surface area contributed by atoms with E-state index in [1.807, 2.05) is 0 Å². The van der Waals surface area contributed by atoms with Crippen molar-refractivity contribution in [2.24, 2.45) is 0 Å². The van der Waals surface area contributed by atoms with Gasteiger partial charge in [-0.15, -0.1) is 8.58 Å². The third-order valence-corrected chi connectivity index (χ3v) is 2.89. The van der Waals surface area contributed by atoms with E-state index < -0.39 is 0 Å². The summed E-state index contributed by atoms with van der Waals surface area (Å²) in [4.78, 5) is 0. The van der Waals surface area contributed by atoms with Crippen LogP contribution in [0.2, 0.25) is 0 Å². The Balaban J connectivity index is 2.11. The first kappa shape index (κ1) is 4.59. The van der Waals surface area contributed by atoms with E-state index in [1.165, 1.54) is 15.0 Å². The lowest BCUT2D eigenvalue weighted by Gasteiger charge is -2.29. The molecule has 1 rings (SSSR count). The molecule has 0 radical (unpaired) electrons. The highest BCUT2D eigenvalue weighted by Crippen LogP contribution is 2.41. The van der Waals surface area contributed by atoms with Gasteiger partial charge < -0.3 is 0 Å². The van der Waals surface area contributed by atoms with E-state index in [4.69, 9.17) is 0 Å². The topological polar surface area (TPSA) is 0 Å². The van der Waals surface area contributed by atoms with Crippen molar-refractivity contribution in [3.63, 3.8) is 0 Å². The third kappa shape index (κ3) is 0.733. The number of hydrogen-bond donors (Lipinski definition) is 0. The largest absolute Gasteiger partial charge is 0.116 e. The number of rotatable bonds is 0. The molecule has 2 atom stereocenters. The Morgan fingerprint density at radius 3 is 1.67 bits per heavy atom. The molecule has 1 heteroatoms. The van der Waals surface area contributed by atoms with Gasteiger partial charge in [-0.2, -0.15) is 0 Å². The molecule has 0 bridgehead atoms. The minimum absolute atomic E-state index is 1.07. The smallest absolute Gasteiger partial charge is 0.0257 e. The molecule has 0 aromatic carbocycles. The summed E-state index contributed by atoms with van der Waals surface area (Å²) >= 11 is 0. The molecule has 36 valence electrons. The highest BCUT2D eigenvalue weighted by molar-refractivity contribution is 7.41. The summed E-state index contributed by atoms with van der Waals surface area (Å²) in [7, 11) is 1.27. The summed E-state index contributed by atoms with van der Waals surface area (Å²) in [6, 6.07) is 0. The van der Waals surface area contributed by atoms with Gasteiger partial charge in [-0.05, 0) is 17.7 Å². The van der Waals surface area contributed by atoms with Gasteiger partial charge in [0.15, 0.2) is 0 Å². The zero-order valence-electron chi connectivity index (χ0n) is 4.36. The van der Waals surface area contributed by atoms with Crippen LogP contribution in [0.4, 0.5) is 0 Å². The maximum absolute atomic E-state index is 2.33. The zero-order chi connectivity index (χ0) is 4.57. The molecule has 1 aliphatic heterocycles. The highest BCUT2D eigenvalue weighted by atomic mass is 31.1. The van der Waals surface area contributed by atoms with Crippen molar-refractivity contribution in [1.82, 2.24) is 0 Å². The number of hydrogen-bond acceptors (Lipinski definition) is 0. The SMILES string of the molecule is CC1CC(C)P1. The summed E-state index contributed by atoms with van der Waals surface area (Å²) in [6.07, 6.45) is 1.48. The van der Waals surface area contributed by atoms with Crippen LogP contribution in [-0.2, 0) is 0 Å². The Labute approximate surface area is 41.1 Å². The molecule has 0 nitrogen and oxygen atoms in total. The van der Waals surface area contributed by atoms with Gasteiger partial charge in [0.25, 0.3) is 0 Å². The van der Waals surface area contributed by atoms with Gasteiger partial charge >= 0.3 is 0 Å². The molecule has 0 N–H and O–H groups in total. The lowest BCUT2D eigenvalue weighted by Crippen LogP contribution is -2.16. The molecule has 6 heavy (non-hydrogen) atoms. The summed E-state index contributed by atoms with van der Waals surface area (Å²) in [5.41, 5.74) is 2.14. The fourth-order valence-corrected chi connectivity index (χ4v) is 2.50. The van der Waals surface area contributed by atoms with E-state index in [0.717, 1.165) is 11.3 Å². The van der Waals surface area contributed by atoms with E-state index in [-0.39, 0.29) is 0 Å². The first-order chi connectivity index (χ1) is 2.79. The fraction of sp³-hybridized carbons (Fsp3) is 1.00. The molecule has 1 heterocycles. The molecule has 0 aromatic rings. The van der Waals surface area contributed by atoms with Gasteiger partial charge in [0, 0.05) is 0 Å². The van der Waals surface area contributed by atoms with Crippen LogP contribution in [0, 0.1) is 0 Å². The van der Waals surface area contributed by atoms with E-state index in [9.17, 15) is 0 Å². The highest BCUT2D eigenvalue weighted by Gasteiger charge is 2.19. The second-order valence-electron chi connectivity index (χ2n) is 2.20. The van der Waals surface area contributed by atoms with Crippen LogP contribution in [0.1, 0.15) is 20.3 Å². The van der Waals surface area contributed by atoms with Crippen molar-refractivity contribution in [1.29, 1.82) is 0 Å². The Morgan fingerprint density at radius 1 is 1.33 bits per heavy atom. The van der Waals surface area contributed by atoms with Gasteiger partial charge in [-0.25, -0.2) is 0 Å². The predicted molar refractivity (Wildman–Crippen MR) is 31.9 cm³/mol. The molecule has 1 aliphatic rings. The molecule has 0 amide bonds. The quantitative estimate of drug-likeness (QED) is 0.409. The van der Waals surface area contributed by atoms with E-state index in [0.29, 0.717) is 0 Å². The van der Waals surface area contributed by atoms with Gasteiger partial charge in [0.1, 0.15) is 0 Å². The lowest BCUT2D eigenvalue weighted by atomic mass is 10.2. The maximum atomic E-state index is 2.33. The van der Waals surface area contributed by atoms with Crippen LogP contribution < -0.4 is 0 Å². The second kappa shape index (κ2) is 1.50. The van der Waals surface area contributed by atoms with Gasteiger partial charge in [-0.3, -0.25) is 0 Å². The fourth-order valence-electron chi connectivity index (χ4n) is 0.992. The van der Waals surface area contributed by atoms with Crippen LogP contribution in [0.5, 0.6) is 0 Å². The van der Waals surface area contributed by atoms with Crippen molar-refractivity contribution in [3.8, 4) is 0 Å². The summed E-state index contributed by atoms with van der Waals surface area (Å²) < 4.78 is 0. The summed E-state index contributed by atoms with van der Waals surface area (Å²) in [5.74, 6) is 0. The normalized spacial score (nSPS) is 49.0. The monoisotopic (exact) mass is 102 g/mol. The first-order valence-electron chi connectivity index (χ1n) is 2.55. The first-order valence-corrected chi connectivity index (χ1v) is 3.70. The average Bonchev–Trinajstić information content (AvgIpc) is 1.33. The minimum Gasteiger partial charge on any atom is -0.116 e. The molecular formula is C5H11P. The Morgan fingerprint density at radius 2 is 1.67 bits per heavy atom. The van der Waals surface area contributed by atoms with E-state index >= 15 is 0 Å². The van der Waals surface area contributed by atoms with Gasteiger partial charge in [0.05, 0.1) is 0 Å². The molecule has 0 saturated carbocycles. The van der Waals surface area contributed by atoms with E-state index in [1.54, 1.807) is 0 Å². The molecule has 1 saturated heterocycles. The van der Waals surface area contributed by atoms with Crippen molar-refractivity contribution < 1.29 is 0 Å². The minimum atomic E-state index is 1.07. The molecule has 1 fully saturated rings. The van der Waals surface area contributed by atoms with E-state index in [2.05, 4.69) is 13.8 Å². The summed E-state index contributed by atoms with van der Waals surface area (Å²) in [6.45, 7) is 4.66. The molecular weight excluding hydrogens is 91.0 g/mol. The molecule has 0 spiro atoms. The van der Waals surface area contributed by atoms with Crippen LogP contribution in [0.15, 0.2) is 0 Å². The molecule has 0 aliphatic carbocycles. The standard InChI is InChI=1S/C5H11P/c1-4-3-5(2)6-4/h4-6H,3H2,1-2H3. The van der Waals surface area contributed by atoms with Crippen LogP contribution in [0.25, 0.3) is 0 Å². The van der Waals surface area contributed by atoms with Crippen LogP contribution in [-0.4, -0.2) is 11.3 Å². The Kier molecular flexibility index (Phi) is 1.15. The van der Waals surface area contributed by atoms with Crippen LogP contribution in [0.3, 0.4) is 0 Å². The maximum Gasteiger partial charge on any atom is -0.0257 e. The zero-order valence-corrected chi connectivity index (χ0v) is 5.36. The predicted octanol–water partition coefficient (Wildman–Crippen LogP) is 1.85. The van der Waals surface area contributed by atoms with Crippen molar-refractivity contribution in [2.45, 2.75) is 31.6 Å². The van der Waals surface area contributed by atoms with Gasteiger partial charge in [0.2, 0.25) is 0 Å². The second-order valence-corrected chi connectivity index (χ2v) is 4.51. The molecule has 0 aromatic heterocycles. The lowest BCUT2D eigenvalue weighted by molar-refractivity contribution is 0.724. The third-order valence-electron chi connectivity index (χ3n) is 1.28. The molecule has 2 unspecified atom stereocenters. The Hall–Kier alpha value is 0.430. The Bertz CT molecular complexity index is 39.9. The van der Waals surface area contributed by atoms with Crippen molar-refractivity contribution >= 4 is 8.58 Å². The summed E-state index contributed by atoms with van der Waals surface area (Å²) in [5, 5.41) is 0. The van der Waals surface area contributed by atoms with Crippen LogP contribution >= 0.6 is 8.58 Å². The van der Waals surface area contributed by atoms with Crippen molar-refractivity contribution in [2.75, 3.05) is 0 Å². The van der Waals surface area contributed by atoms with Crippen molar-refractivity contribution in [3.05, 3.63) is 0 Å². The van der Waals surface area contributed by atoms with Gasteiger partial charge in [-0.1, -0.05) is 13.8 Å². The average molecular weight is 102 g/mol.